The molecule has 1 N–H and O–H groups in total. The Morgan fingerprint density at radius 3 is 2.74 bits per heavy atom. The van der Waals surface area contributed by atoms with Gasteiger partial charge in [-0.15, -0.1) is 0 Å². The van der Waals surface area contributed by atoms with Crippen LogP contribution in [-0.4, -0.2) is 41.6 Å². The van der Waals surface area contributed by atoms with E-state index < -0.39 is 0 Å². The molecule has 1 aromatic carbocycles. The van der Waals surface area contributed by atoms with Gasteiger partial charge >= 0.3 is 0 Å². The first-order valence-electron chi connectivity index (χ1n) is 12.5. The highest BCUT2D eigenvalue weighted by atomic mass is 15.2. The van der Waals surface area contributed by atoms with Crippen molar-refractivity contribution in [1.29, 1.82) is 0 Å². The van der Waals surface area contributed by atoms with Gasteiger partial charge in [0.2, 0.25) is 0 Å². The molecule has 0 unspecified atom stereocenters. The topological polar surface area (TPSA) is 31.4 Å². The molecule has 0 spiro atoms. The largest absolute Gasteiger partial charge is 0.371 e. The van der Waals surface area contributed by atoms with Crippen LogP contribution in [0.25, 0.3) is 0 Å². The number of piperidine rings is 1. The van der Waals surface area contributed by atoms with Crippen LogP contribution in [-0.2, 0) is 19.4 Å². The standard InChI is InChI=1S/C27H38N4/c1-20(2)31(26-13-6-9-21-11-8-14-28-27(21)26)19-23-17-24-22(18-29-23)10-7-12-25(24)30-15-4-3-5-16-30/h7-8,10-12,14,20,23,26,29H,3-6,9,13,15-19H2,1-2H3/t23-,26+/m1/s1. The summed E-state index contributed by atoms with van der Waals surface area (Å²) in [5.41, 5.74) is 7.38. The maximum atomic E-state index is 4.84. The molecule has 2 aliphatic heterocycles. The molecular weight excluding hydrogens is 380 g/mol. The number of nitrogens with zero attached hydrogens (tertiary/aromatic N) is 3. The quantitative estimate of drug-likeness (QED) is 0.750. The number of hydrogen-bond donors (Lipinski definition) is 1. The maximum absolute atomic E-state index is 4.84. The van der Waals surface area contributed by atoms with Gasteiger partial charge in [-0.05, 0) is 87.6 Å². The van der Waals surface area contributed by atoms with Crippen LogP contribution < -0.4 is 10.2 Å². The Kier molecular flexibility index (Phi) is 6.29. The maximum Gasteiger partial charge on any atom is 0.0607 e. The predicted molar refractivity (Wildman–Crippen MR) is 129 cm³/mol. The Balaban J connectivity index is 1.36. The van der Waals surface area contributed by atoms with Crippen LogP contribution in [0, 0.1) is 0 Å². The lowest BCUT2D eigenvalue weighted by atomic mass is 9.88. The molecule has 1 fully saturated rings. The van der Waals surface area contributed by atoms with E-state index in [1.165, 1.54) is 74.1 Å². The predicted octanol–water partition coefficient (Wildman–Crippen LogP) is 4.87. The van der Waals surface area contributed by atoms with Gasteiger partial charge in [0, 0.05) is 50.1 Å². The Hall–Kier alpha value is -1.91. The molecular formula is C27H38N4. The molecule has 31 heavy (non-hydrogen) atoms. The molecule has 0 saturated carbocycles. The van der Waals surface area contributed by atoms with Crippen LogP contribution in [0.2, 0.25) is 0 Å². The highest BCUT2D eigenvalue weighted by Crippen LogP contribution is 2.35. The molecule has 2 atom stereocenters. The summed E-state index contributed by atoms with van der Waals surface area (Å²) in [6.07, 6.45) is 10.8. The van der Waals surface area contributed by atoms with E-state index in [1.807, 2.05) is 6.20 Å². The first-order valence-corrected chi connectivity index (χ1v) is 12.5. The zero-order valence-electron chi connectivity index (χ0n) is 19.3. The van der Waals surface area contributed by atoms with Crippen molar-refractivity contribution in [3.05, 3.63) is 58.9 Å². The van der Waals surface area contributed by atoms with Gasteiger partial charge in [0.25, 0.3) is 0 Å². The zero-order valence-corrected chi connectivity index (χ0v) is 19.3. The van der Waals surface area contributed by atoms with Gasteiger partial charge < -0.3 is 10.2 Å². The van der Waals surface area contributed by atoms with Crippen molar-refractivity contribution in [1.82, 2.24) is 15.2 Å². The van der Waals surface area contributed by atoms with E-state index in [2.05, 4.69) is 59.3 Å². The lowest BCUT2D eigenvalue weighted by Gasteiger charge is -2.41. The summed E-state index contributed by atoms with van der Waals surface area (Å²) in [6, 6.07) is 12.8. The number of aryl methyl sites for hydroxylation is 1. The van der Waals surface area contributed by atoms with Gasteiger partial charge in [0.1, 0.15) is 0 Å². The van der Waals surface area contributed by atoms with Crippen molar-refractivity contribution >= 4 is 5.69 Å². The number of pyridine rings is 1. The molecule has 1 aliphatic carbocycles. The third-order valence-electron chi connectivity index (χ3n) is 7.64. The van der Waals surface area contributed by atoms with Gasteiger partial charge in [-0.3, -0.25) is 9.88 Å². The Labute approximate surface area is 188 Å². The summed E-state index contributed by atoms with van der Waals surface area (Å²) >= 11 is 0. The fourth-order valence-corrected chi connectivity index (χ4v) is 6.02. The van der Waals surface area contributed by atoms with Crippen molar-refractivity contribution in [3.63, 3.8) is 0 Å². The summed E-state index contributed by atoms with van der Waals surface area (Å²) in [4.78, 5) is 10.2. The average molecular weight is 419 g/mol. The number of rotatable bonds is 5. The van der Waals surface area contributed by atoms with Crippen LogP contribution in [0.3, 0.4) is 0 Å². The van der Waals surface area contributed by atoms with Crippen molar-refractivity contribution in [3.8, 4) is 0 Å². The molecule has 0 bridgehead atoms. The summed E-state index contributed by atoms with van der Waals surface area (Å²) in [6.45, 7) is 9.23. The van der Waals surface area contributed by atoms with E-state index in [9.17, 15) is 0 Å². The SMILES string of the molecule is CC(C)N(C[C@H]1Cc2c(cccc2N2CCCCC2)CN1)[C@H]1CCCc2cccnc21. The van der Waals surface area contributed by atoms with Gasteiger partial charge in [-0.1, -0.05) is 18.2 Å². The third kappa shape index (κ3) is 4.38. The second-order valence-corrected chi connectivity index (χ2v) is 9.99. The molecule has 2 aromatic rings. The van der Waals surface area contributed by atoms with E-state index in [-0.39, 0.29) is 0 Å². The lowest BCUT2D eigenvalue weighted by molar-refractivity contribution is 0.117. The van der Waals surface area contributed by atoms with Gasteiger partial charge in [0.05, 0.1) is 11.7 Å². The molecule has 5 rings (SSSR count). The number of fused-ring (bicyclic) bond motifs is 2. The van der Waals surface area contributed by atoms with Crippen LogP contribution in [0.5, 0.6) is 0 Å². The number of anilines is 1. The van der Waals surface area contributed by atoms with E-state index in [0.29, 0.717) is 18.1 Å². The first-order chi connectivity index (χ1) is 15.2. The highest BCUT2D eigenvalue weighted by Gasteiger charge is 2.32. The van der Waals surface area contributed by atoms with Crippen molar-refractivity contribution in [2.45, 2.75) is 83.5 Å². The molecule has 3 heterocycles. The fraction of sp³-hybridized carbons (Fsp3) is 0.593. The van der Waals surface area contributed by atoms with E-state index in [4.69, 9.17) is 4.98 Å². The molecule has 1 aromatic heterocycles. The summed E-state index contributed by atoms with van der Waals surface area (Å²) in [5, 5.41) is 3.87. The number of aromatic nitrogens is 1. The molecule has 0 amide bonds. The van der Waals surface area contributed by atoms with Crippen molar-refractivity contribution in [2.24, 2.45) is 0 Å². The van der Waals surface area contributed by atoms with Crippen LogP contribution >= 0.6 is 0 Å². The molecule has 4 nitrogen and oxygen atoms in total. The molecule has 3 aliphatic rings. The summed E-state index contributed by atoms with van der Waals surface area (Å²) in [7, 11) is 0. The first kappa shape index (κ1) is 21.0. The Morgan fingerprint density at radius 1 is 1.06 bits per heavy atom. The molecule has 1 saturated heterocycles. The van der Waals surface area contributed by atoms with E-state index in [0.717, 1.165) is 19.5 Å². The van der Waals surface area contributed by atoms with Crippen molar-refractivity contribution < 1.29 is 0 Å². The minimum Gasteiger partial charge on any atom is -0.371 e. The number of nitrogens with one attached hydrogen (secondary N) is 1. The minimum absolute atomic E-state index is 0.450. The minimum atomic E-state index is 0.450. The molecule has 166 valence electrons. The van der Waals surface area contributed by atoms with Crippen LogP contribution in [0.15, 0.2) is 36.5 Å². The van der Waals surface area contributed by atoms with Gasteiger partial charge in [0.15, 0.2) is 0 Å². The van der Waals surface area contributed by atoms with E-state index in [1.54, 1.807) is 5.56 Å². The number of hydrogen-bond acceptors (Lipinski definition) is 4. The zero-order chi connectivity index (χ0) is 21.2. The smallest absolute Gasteiger partial charge is 0.0607 e. The molecule has 4 heteroatoms. The van der Waals surface area contributed by atoms with Crippen LogP contribution in [0.4, 0.5) is 5.69 Å². The van der Waals surface area contributed by atoms with E-state index >= 15 is 0 Å². The lowest BCUT2D eigenvalue weighted by Crippen LogP contribution is -2.49. The second-order valence-electron chi connectivity index (χ2n) is 9.99. The monoisotopic (exact) mass is 418 g/mol. The summed E-state index contributed by atoms with van der Waals surface area (Å²) < 4.78 is 0. The fourth-order valence-electron chi connectivity index (χ4n) is 6.02. The Bertz CT molecular complexity index is 887. The van der Waals surface area contributed by atoms with Crippen molar-refractivity contribution in [2.75, 3.05) is 24.5 Å². The Morgan fingerprint density at radius 2 is 1.90 bits per heavy atom. The number of benzene rings is 1. The highest BCUT2D eigenvalue weighted by molar-refractivity contribution is 5.58. The second kappa shape index (κ2) is 9.30. The summed E-state index contributed by atoms with van der Waals surface area (Å²) in [5.74, 6) is 0. The molecule has 0 radical (unpaired) electrons. The third-order valence-corrected chi connectivity index (χ3v) is 7.64. The van der Waals surface area contributed by atoms with Gasteiger partial charge in [-0.25, -0.2) is 0 Å². The normalized spacial score (nSPS) is 23.7. The van der Waals surface area contributed by atoms with Crippen LogP contribution in [0.1, 0.15) is 74.4 Å². The average Bonchev–Trinajstić information content (AvgIpc) is 2.82. The van der Waals surface area contributed by atoms with Gasteiger partial charge in [-0.2, -0.15) is 0 Å².